The van der Waals surface area contributed by atoms with Crippen molar-refractivity contribution in [2.45, 2.75) is 26.5 Å². The molecule has 0 saturated carbocycles. The number of nitrogens with zero attached hydrogens (tertiary/aromatic N) is 6. The van der Waals surface area contributed by atoms with E-state index < -0.39 is 6.43 Å². The molecule has 37 heavy (non-hydrogen) atoms. The summed E-state index contributed by atoms with van der Waals surface area (Å²) in [7, 11) is 0. The molecule has 0 saturated heterocycles. The Morgan fingerprint density at radius 3 is 2.62 bits per heavy atom. The van der Waals surface area contributed by atoms with Crippen molar-refractivity contribution in [2.24, 2.45) is 0 Å². The average Bonchev–Trinajstić information content (AvgIpc) is 3.37. The van der Waals surface area contributed by atoms with Crippen molar-refractivity contribution in [3.05, 3.63) is 108 Å². The molecule has 1 N–H and O–H groups in total. The van der Waals surface area contributed by atoms with Crippen molar-refractivity contribution in [2.75, 3.05) is 5.32 Å². The number of alkyl halides is 2. The Morgan fingerprint density at radius 1 is 0.973 bits per heavy atom. The third-order valence-electron chi connectivity index (χ3n) is 5.44. The van der Waals surface area contributed by atoms with Gasteiger partial charge in [0.15, 0.2) is 0 Å². The van der Waals surface area contributed by atoms with E-state index >= 15 is 0 Å². The van der Waals surface area contributed by atoms with Crippen LogP contribution >= 0.6 is 0 Å². The van der Waals surface area contributed by atoms with Gasteiger partial charge >= 0.3 is 0 Å². The summed E-state index contributed by atoms with van der Waals surface area (Å²) in [6, 6.07) is 20.6. The maximum Gasteiger partial charge on any atom is 0.280 e. The molecule has 3 heterocycles. The first-order valence-electron chi connectivity index (χ1n) is 11.5. The fourth-order valence-electron chi connectivity index (χ4n) is 3.70. The number of pyridine rings is 1. The van der Waals surface area contributed by atoms with Gasteiger partial charge in [-0.2, -0.15) is 0 Å². The number of halogens is 2. The lowest BCUT2D eigenvalue weighted by atomic mass is 10.1. The highest BCUT2D eigenvalue weighted by Gasteiger charge is 2.11. The molecule has 0 bridgehead atoms. The Balaban J connectivity index is 1.25. The van der Waals surface area contributed by atoms with Crippen LogP contribution < -0.4 is 10.1 Å². The Labute approximate surface area is 212 Å². The van der Waals surface area contributed by atoms with Gasteiger partial charge in [-0.25, -0.2) is 28.4 Å². The van der Waals surface area contributed by atoms with Gasteiger partial charge in [0.2, 0.25) is 11.8 Å². The first-order valence-corrected chi connectivity index (χ1v) is 11.5. The van der Waals surface area contributed by atoms with E-state index in [4.69, 9.17) is 4.74 Å². The van der Waals surface area contributed by atoms with Crippen molar-refractivity contribution in [3.63, 3.8) is 0 Å². The number of nitrogens with one attached hydrogen (secondary N) is 1. The summed E-state index contributed by atoms with van der Waals surface area (Å²) in [5.41, 5.74) is 4.80. The molecule has 5 rings (SSSR count). The van der Waals surface area contributed by atoms with Gasteiger partial charge in [0.25, 0.3) is 6.43 Å². The highest BCUT2D eigenvalue weighted by molar-refractivity contribution is 5.68. The van der Waals surface area contributed by atoms with Gasteiger partial charge in [0.1, 0.15) is 18.0 Å². The molecule has 0 fully saturated rings. The molecule has 186 valence electrons. The third-order valence-corrected chi connectivity index (χ3v) is 5.44. The fraction of sp³-hybridized carbons (Fsp3) is 0.148. The molecule has 0 radical (unpaired) electrons. The molecule has 0 unspecified atom stereocenters. The zero-order valence-electron chi connectivity index (χ0n) is 19.9. The van der Waals surface area contributed by atoms with Gasteiger partial charge < -0.3 is 10.1 Å². The molecule has 3 aromatic heterocycles. The van der Waals surface area contributed by atoms with Crippen LogP contribution in [0.3, 0.4) is 0 Å². The second kappa shape index (κ2) is 10.9. The SMILES string of the molecule is Cc1cc(Nc2nccc(C(F)F)n2)cc(-c2cn(Cc3ccc(OCc4ccccc4)nc3)nn2)c1. The Morgan fingerprint density at radius 2 is 1.84 bits per heavy atom. The molecule has 0 amide bonds. The Hall–Kier alpha value is -4.73. The van der Waals surface area contributed by atoms with Crippen LogP contribution in [-0.2, 0) is 13.2 Å². The largest absolute Gasteiger partial charge is 0.473 e. The van der Waals surface area contributed by atoms with E-state index in [9.17, 15) is 8.78 Å². The van der Waals surface area contributed by atoms with E-state index in [1.54, 1.807) is 10.9 Å². The van der Waals surface area contributed by atoms with Gasteiger partial charge in [-0.1, -0.05) is 41.6 Å². The standard InChI is InChI=1S/C27H23F2N7O/c1-18-11-21(13-22(12-18)32-27-30-10-9-23(33-27)26(28)29)24-16-36(35-34-24)15-20-7-8-25(31-14-20)37-17-19-5-3-2-4-6-19/h2-14,16,26H,15,17H2,1H3,(H,30,32,33). The number of aromatic nitrogens is 6. The first kappa shape index (κ1) is 24.0. The highest BCUT2D eigenvalue weighted by atomic mass is 19.3. The van der Waals surface area contributed by atoms with E-state index in [2.05, 4.69) is 30.6 Å². The summed E-state index contributed by atoms with van der Waals surface area (Å²) in [4.78, 5) is 12.3. The van der Waals surface area contributed by atoms with Gasteiger partial charge in [-0.15, -0.1) is 5.10 Å². The van der Waals surface area contributed by atoms with E-state index in [0.29, 0.717) is 30.4 Å². The number of hydrogen-bond donors (Lipinski definition) is 1. The molecule has 10 heteroatoms. The normalized spacial score (nSPS) is 11.0. The number of benzene rings is 2. The smallest absolute Gasteiger partial charge is 0.280 e. The molecule has 2 aromatic carbocycles. The molecule has 5 aromatic rings. The van der Waals surface area contributed by atoms with Crippen LogP contribution in [0.15, 0.2) is 85.3 Å². The fourth-order valence-corrected chi connectivity index (χ4v) is 3.70. The number of aryl methyl sites for hydroxylation is 1. The van der Waals surface area contributed by atoms with Crippen molar-refractivity contribution in [1.82, 2.24) is 29.9 Å². The van der Waals surface area contributed by atoms with Crippen LogP contribution in [0.2, 0.25) is 0 Å². The van der Waals surface area contributed by atoms with Gasteiger partial charge in [-0.3, -0.25) is 0 Å². The predicted molar refractivity (Wildman–Crippen MR) is 135 cm³/mol. The molecule has 0 aliphatic rings. The zero-order valence-corrected chi connectivity index (χ0v) is 19.9. The maximum atomic E-state index is 13.0. The number of anilines is 2. The quantitative estimate of drug-likeness (QED) is 0.276. The van der Waals surface area contributed by atoms with E-state index in [-0.39, 0.29) is 11.6 Å². The summed E-state index contributed by atoms with van der Waals surface area (Å²) in [5.74, 6) is 0.649. The number of rotatable bonds is 9. The summed E-state index contributed by atoms with van der Waals surface area (Å²) in [6.45, 7) is 2.88. The van der Waals surface area contributed by atoms with Crippen LogP contribution in [0.1, 0.15) is 28.8 Å². The van der Waals surface area contributed by atoms with E-state index in [1.165, 1.54) is 12.3 Å². The molecule has 0 aliphatic carbocycles. The lowest BCUT2D eigenvalue weighted by Crippen LogP contribution is -2.02. The molecule has 0 atom stereocenters. The Bertz CT molecular complexity index is 1470. The van der Waals surface area contributed by atoms with E-state index in [1.807, 2.05) is 73.8 Å². The lowest BCUT2D eigenvalue weighted by molar-refractivity contribution is 0.146. The lowest BCUT2D eigenvalue weighted by Gasteiger charge is -2.09. The van der Waals surface area contributed by atoms with Crippen LogP contribution in [0.25, 0.3) is 11.3 Å². The van der Waals surface area contributed by atoms with Crippen LogP contribution in [0.5, 0.6) is 5.88 Å². The Kier molecular flexibility index (Phi) is 7.07. The minimum atomic E-state index is -2.67. The van der Waals surface area contributed by atoms with Gasteiger partial charge in [0.05, 0.1) is 12.7 Å². The minimum Gasteiger partial charge on any atom is -0.473 e. The second-order valence-electron chi connectivity index (χ2n) is 8.40. The zero-order chi connectivity index (χ0) is 25.6. The van der Waals surface area contributed by atoms with Gasteiger partial charge in [-0.05, 0) is 47.9 Å². The van der Waals surface area contributed by atoms with Crippen LogP contribution in [-0.4, -0.2) is 29.9 Å². The van der Waals surface area contributed by atoms with Crippen molar-refractivity contribution >= 4 is 11.6 Å². The molecular formula is C27H23F2N7O. The second-order valence-corrected chi connectivity index (χ2v) is 8.40. The highest BCUT2D eigenvalue weighted by Crippen LogP contribution is 2.25. The first-order chi connectivity index (χ1) is 18.0. The number of ether oxygens (including phenoxy) is 1. The van der Waals surface area contributed by atoms with Crippen LogP contribution in [0.4, 0.5) is 20.4 Å². The molecular weight excluding hydrogens is 476 g/mol. The summed E-state index contributed by atoms with van der Waals surface area (Å²) >= 11 is 0. The summed E-state index contributed by atoms with van der Waals surface area (Å²) < 4.78 is 33.4. The summed E-state index contributed by atoms with van der Waals surface area (Å²) in [6.07, 6.45) is 2.23. The topological polar surface area (TPSA) is 90.6 Å². The van der Waals surface area contributed by atoms with E-state index in [0.717, 1.165) is 22.3 Å². The van der Waals surface area contributed by atoms with Gasteiger partial charge in [0, 0.05) is 29.7 Å². The molecule has 0 spiro atoms. The molecule has 8 nitrogen and oxygen atoms in total. The minimum absolute atomic E-state index is 0.0988. The third kappa shape index (κ3) is 6.29. The number of hydrogen-bond acceptors (Lipinski definition) is 7. The predicted octanol–water partition coefficient (Wildman–Crippen LogP) is 5.75. The average molecular weight is 500 g/mol. The van der Waals surface area contributed by atoms with Crippen LogP contribution in [0, 0.1) is 6.92 Å². The summed E-state index contributed by atoms with van der Waals surface area (Å²) in [5, 5.41) is 11.5. The monoisotopic (exact) mass is 499 g/mol. The van der Waals surface area contributed by atoms with Crippen molar-refractivity contribution in [1.29, 1.82) is 0 Å². The molecule has 0 aliphatic heterocycles. The van der Waals surface area contributed by atoms with Crippen molar-refractivity contribution < 1.29 is 13.5 Å². The van der Waals surface area contributed by atoms with Crippen molar-refractivity contribution in [3.8, 4) is 17.1 Å². The maximum absolute atomic E-state index is 13.0.